The molecular weight excluding hydrogens is 292 g/mol. The van der Waals surface area contributed by atoms with Gasteiger partial charge in [0.1, 0.15) is 0 Å². The van der Waals surface area contributed by atoms with Crippen LogP contribution in [0.4, 0.5) is 0 Å². The second-order valence-electron chi connectivity index (χ2n) is 5.30. The summed E-state index contributed by atoms with van der Waals surface area (Å²) in [5.41, 5.74) is 3.05. The third-order valence-electron chi connectivity index (χ3n) is 3.20. The minimum atomic E-state index is 0.630. The number of unbranched alkanes of at least 4 members (excludes halogenated alkanes) is 5. The summed E-state index contributed by atoms with van der Waals surface area (Å²) in [4.78, 5) is 0. The molecule has 0 atom stereocenters. The summed E-state index contributed by atoms with van der Waals surface area (Å²) in [5.74, 6) is 0.653. The summed E-state index contributed by atoms with van der Waals surface area (Å²) in [6.45, 7) is 3.66. The Morgan fingerprint density at radius 3 is 2.41 bits per heavy atom. The smallest absolute Gasteiger partial charge is 0.0721 e. The number of hydrogen-bond acceptors (Lipinski definition) is 1. The molecule has 0 rings (SSSR count). The molecule has 0 aliphatic rings. The van der Waals surface area contributed by atoms with Crippen molar-refractivity contribution in [1.29, 1.82) is 0 Å². The summed E-state index contributed by atoms with van der Waals surface area (Å²) in [7, 11) is 0. The second-order valence-corrected chi connectivity index (χ2v) is 5.68. The highest BCUT2D eigenvalue weighted by Gasteiger charge is 1.86. The van der Waals surface area contributed by atoms with Gasteiger partial charge in [-0.15, -0.1) is 17.3 Å². The first-order valence-corrected chi connectivity index (χ1v) is 9.28. The molecule has 0 aliphatic carbocycles. The average Bonchev–Trinajstić information content (AvgIpc) is 2.54. The summed E-state index contributed by atoms with van der Waals surface area (Å²) < 4.78 is 5.47. The zero-order valence-electron chi connectivity index (χ0n) is 14.2. The Morgan fingerprint density at radius 2 is 1.64 bits per heavy atom. The van der Waals surface area contributed by atoms with Gasteiger partial charge in [0.15, 0.2) is 0 Å². The first kappa shape index (κ1) is 21.2. The van der Waals surface area contributed by atoms with Gasteiger partial charge in [-0.1, -0.05) is 56.9 Å². The zero-order valence-corrected chi connectivity index (χ0v) is 15.0. The van der Waals surface area contributed by atoms with Gasteiger partial charge in [0, 0.05) is 5.88 Å². The number of ether oxygens (including phenoxy) is 1. The van der Waals surface area contributed by atoms with Crippen LogP contribution in [0, 0.1) is 0 Å². The van der Waals surface area contributed by atoms with Crippen LogP contribution in [-0.4, -0.2) is 19.1 Å². The van der Waals surface area contributed by atoms with Crippen LogP contribution >= 0.6 is 11.6 Å². The van der Waals surface area contributed by atoms with Crippen LogP contribution in [-0.2, 0) is 4.74 Å². The minimum absolute atomic E-state index is 0.630. The second kappa shape index (κ2) is 20.2. The molecule has 0 unspecified atom stereocenters. The fourth-order valence-corrected chi connectivity index (χ4v) is 2.04. The maximum Gasteiger partial charge on any atom is 0.0721 e. The number of halogens is 1. The Hall–Kier alpha value is -0.750. The van der Waals surface area contributed by atoms with Crippen molar-refractivity contribution in [3.05, 3.63) is 42.2 Å². The minimum Gasteiger partial charge on any atom is -0.376 e. The fourth-order valence-electron chi connectivity index (χ4n) is 1.94. The lowest BCUT2D eigenvalue weighted by Gasteiger charge is -1.96. The van der Waals surface area contributed by atoms with E-state index in [1.165, 1.54) is 38.5 Å². The number of alkyl halides is 1. The molecule has 0 aliphatic heterocycles. The highest BCUT2D eigenvalue weighted by atomic mass is 35.5. The Labute approximate surface area is 142 Å². The predicted molar refractivity (Wildman–Crippen MR) is 99.7 cm³/mol. The monoisotopic (exact) mass is 324 g/mol. The molecule has 0 aromatic heterocycles. The molecular formula is C20H33ClO. The van der Waals surface area contributed by atoms with E-state index in [2.05, 4.69) is 37.0 Å². The van der Waals surface area contributed by atoms with Gasteiger partial charge in [-0.25, -0.2) is 0 Å². The molecule has 0 radical (unpaired) electrons. The highest BCUT2D eigenvalue weighted by molar-refractivity contribution is 6.17. The van der Waals surface area contributed by atoms with Gasteiger partial charge < -0.3 is 4.74 Å². The third kappa shape index (κ3) is 19.2. The van der Waals surface area contributed by atoms with Gasteiger partial charge in [0.25, 0.3) is 0 Å². The maximum atomic E-state index is 5.55. The van der Waals surface area contributed by atoms with E-state index in [1.54, 1.807) is 0 Å². The van der Waals surface area contributed by atoms with Gasteiger partial charge in [-0.05, 0) is 44.3 Å². The van der Waals surface area contributed by atoms with E-state index in [0.717, 1.165) is 25.9 Å². The maximum absolute atomic E-state index is 5.55. The summed E-state index contributed by atoms with van der Waals surface area (Å²) in [5, 5.41) is 0. The Bertz CT molecular complexity index is 325. The van der Waals surface area contributed by atoms with Crippen molar-refractivity contribution < 1.29 is 4.74 Å². The zero-order chi connectivity index (χ0) is 16.1. The standard InChI is InChI=1S/C20H33ClO/c1-2-3-4-5-6-7-8-9-10-11-13-16-19-22-20-17-14-12-15-18-21/h8-9,11-13,17H,2-7,10,15-16,18-20H2,1H3. The van der Waals surface area contributed by atoms with Crippen molar-refractivity contribution in [2.75, 3.05) is 19.1 Å². The molecule has 0 amide bonds. The Morgan fingerprint density at radius 1 is 0.864 bits per heavy atom. The molecule has 0 fully saturated rings. The van der Waals surface area contributed by atoms with Gasteiger partial charge in [-0.3, -0.25) is 0 Å². The van der Waals surface area contributed by atoms with E-state index in [4.69, 9.17) is 16.3 Å². The van der Waals surface area contributed by atoms with Gasteiger partial charge in [-0.2, -0.15) is 0 Å². The number of rotatable bonds is 15. The van der Waals surface area contributed by atoms with Gasteiger partial charge in [0.05, 0.1) is 13.2 Å². The molecule has 0 aromatic carbocycles. The van der Waals surface area contributed by atoms with Crippen LogP contribution in [0.15, 0.2) is 42.2 Å². The van der Waals surface area contributed by atoms with Crippen molar-refractivity contribution >= 4 is 11.6 Å². The topological polar surface area (TPSA) is 9.23 Å². The molecule has 22 heavy (non-hydrogen) atoms. The number of hydrogen-bond donors (Lipinski definition) is 0. The molecule has 126 valence electrons. The van der Waals surface area contributed by atoms with E-state index in [1.807, 2.05) is 12.2 Å². The predicted octanol–water partition coefficient (Wildman–Crippen LogP) is 6.60. The Balaban J connectivity index is 3.28. The quantitative estimate of drug-likeness (QED) is 0.143. The first-order valence-electron chi connectivity index (χ1n) is 8.75. The van der Waals surface area contributed by atoms with E-state index in [0.29, 0.717) is 12.5 Å². The molecule has 0 saturated heterocycles. The third-order valence-corrected chi connectivity index (χ3v) is 3.42. The van der Waals surface area contributed by atoms with Crippen molar-refractivity contribution in [2.45, 2.75) is 64.7 Å². The van der Waals surface area contributed by atoms with E-state index < -0.39 is 0 Å². The summed E-state index contributed by atoms with van der Waals surface area (Å²) in [6, 6.07) is 0. The van der Waals surface area contributed by atoms with Crippen molar-refractivity contribution in [1.82, 2.24) is 0 Å². The van der Waals surface area contributed by atoms with Crippen LogP contribution in [0.3, 0.4) is 0 Å². The summed E-state index contributed by atoms with van der Waals surface area (Å²) >= 11 is 5.55. The molecule has 0 N–H and O–H groups in total. The molecule has 2 heteroatoms. The molecule has 0 saturated carbocycles. The molecule has 0 bridgehead atoms. The lowest BCUT2D eigenvalue weighted by molar-refractivity contribution is 0.167. The van der Waals surface area contributed by atoms with Crippen LogP contribution < -0.4 is 0 Å². The molecule has 0 spiro atoms. The first-order chi connectivity index (χ1) is 10.9. The van der Waals surface area contributed by atoms with Gasteiger partial charge in [0.2, 0.25) is 0 Å². The van der Waals surface area contributed by atoms with Crippen LogP contribution in [0.2, 0.25) is 0 Å². The SMILES string of the molecule is CCCCCCCC=CCC=CCCOCC=C=CCCCl. The van der Waals surface area contributed by atoms with E-state index >= 15 is 0 Å². The largest absolute Gasteiger partial charge is 0.376 e. The van der Waals surface area contributed by atoms with Crippen molar-refractivity contribution in [2.24, 2.45) is 0 Å². The van der Waals surface area contributed by atoms with Crippen LogP contribution in [0.1, 0.15) is 64.7 Å². The number of allylic oxidation sites excluding steroid dienone is 3. The molecule has 0 heterocycles. The lowest BCUT2D eigenvalue weighted by atomic mass is 10.1. The molecule has 0 aromatic rings. The highest BCUT2D eigenvalue weighted by Crippen LogP contribution is 2.05. The Kier molecular flexibility index (Phi) is 19.6. The average molecular weight is 325 g/mol. The molecule has 1 nitrogen and oxygen atoms in total. The van der Waals surface area contributed by atoms with Crippen LogP contribution in [0.5, 0.6) is 0 Å². The van der Waals surface area contributed by atoms with Crippen molar-refractivity contribution in [3.63, 3.8) is 0 Å². The van der Waals surface area contributed by atoms with E-state index in [-0.39, 0.29) is 0 Å². The normalized spacial score (nSPS) is 11.2. The van der Waals surface area contributed by atoms with Crippen LogP contribution in [0.25, 0.3) is 0 Å². The van der Waals surface area contributed by atoms with Gasteiger partial charge >= 0.3 is 0 Å². The fraction of sp³-hybridized carbons (Fsp3) is 0.650. The summed E-state index contributed by atoms with van der Waals surface area (Å²) in [6.07, 6.45) is 23.7. The van der Waals surface area contributed by atoms with E-state index in [9.17, 15) is 0 Å². The lowest BCUT2D eigenvalue weighted by Crippen LogP contribution is -1.91. The van der Waals surface area contributed by atoms with Crippen molar-refractivity contribution in [3.8, 4) is 0 Å².